The lowest BCUT2D eigenvalue weighted by Gasteiger charge is -1.92. The Morgan fingerprint density at radius 3 is 1.92 bits per heavy atom. The number of hydrogen-bond donors (Lipinski definition) is 0. The first kappa shape index (κ1) is 13.8. The van der Waals surface area contributed by atoms with Gasteiger partial charge in [-0.3, -0.25) is 0 Å². The molecule has 0 unspecified atom stereocenters. The number of hydrogen-bond acceptors (Lipinski definition) is 0. The van der Waals surface area contributed by atoms with Crippen LogP contribution in [-0.4, -0.2) is 0 Å². The van der Waals surface area contributed by atoms with Gasteiger partial charge in [0.25, 0.3) is 0 Å². The van der Waals surface area contributed by atoms with Crippen molar-refractivity contribution in [1.29, 1.82) is 0 Å². The zero-order valence-corrected chi connectivity index (χ0v) is 8.98. The van der Waals surface area contributed by atoms with Crippen LogP contribution >= 0.6 is 0 Å². The smallest absolute Gasteiger partial charge is 0.0313 e. The first-order valence-corrected chi connectivity index (χ1v) is 4.60. The predicted octanol–water partition coefficient (Wildman–Crippen LogP) is 4.50. The maximum absolute atomic E-state index is 3.84. The van der Waals surface area contributed by atoms with Gasteiger partial charge < -0.3 is 0 Å². The molecule has 0 heteroatoms. The molecular formula is C12H22. The van der Waals surface area contributed by atoms with Gasteiger partial charge in [0.15, 0.2) is 0 Å². The summed E-state index contributed by atoms with van der Waals surface area (Å²) in [4.78, 5) is 0. The van der Waals surface area contributed by atoms with Crippen molar-refractivity contribution in [2.24, 2.45) is 0 Å². The van der Waals surface area contributed by atoms with Crippen molar-refractivity contribution in [2.45, 2.75) is 40.5 Å². The van der Waals surface area contributed by atoms with Crippen molar-refractivity contribution < 1.29 is 0 Å². The fourth-order valence-corrected chi connectivity index (χ4v) is 0.483. The summed E-state index contributed by atoms with van der Waals surface area (Å²) in [7, 11) is 0. The second-order valence-electron chi connectivity index (χ2n) is 2.81. The van der Waals surface area contributed by atoms with Gasteiger partial charge in [-0.2, -0.15) is 0 Å². The van der Waals surface area contributed by atoms with Crippen molar-refractivity contribution in [2.75, 3.05) is 0 Å². The summed E-state index contributed by atoms with van der Waals surface area (Å²) in [5.74, 6) is 0. The molecule has 0 aromatic rings. The molecule has 0 saturated heterocycles. The Morgan fingerprint density at radius 2 is 1.67 bits per heavy atom. The highest BCUT2D eigenvalue weighted by Gasteiger charge is 1.82. The normalized spacial score (nSPS) is 9.83. The van der Waals surface area contributed by atoms with Crippen LogP contribution in [0.4, 0.5) is 0 Å². The summed E-state index contributed by atoms with van der Waals surface area (Å²) in [6.07, 6.45) is 6.15. The standard InChI is InChI=1S/C9H14.C3H8/c1-5-8(3)7-9(4)6-2;1-3-2/h5,7H,1,4,6H2,2-3H3;3H2,1-2H3/b8-7-;. The molecule has 0 aliphatic heterocycles. The number of rotatable bonds is 3. The van der Waals surface area contributed by atoms with E-state index >= 15 is 0 Å². The SMILES string of the molecule is C=C/C(C)=C\C(=C)CC.CCC. The Kier molecular flexibility index (Phi) is 11.7. The highest BCUT2D eigenvalue weighted by Crippen LogP contribution is 2.03. The van der Waals surface area contributed by atoms with Crippen molar-refractivity contribution in [1.82, 2.24) is 0 Å². The Labute approximate surface area is 77.7 Å². The van der Waals surface area contributed by atoms with Crippen LogP contribution in [0.1, 0.15) is 40.5 Å². The third kappa shape index (κ3) is 12.0. The second kappa shape index (κ2) is 10.2. The summed E-state index contributed by atoms with van der Waals surface area (Å²) < 4.78 is 0. The van der Waals surface area contributed by atoms with Crippen LogP contribution in [0.5, 0.6) is 0 Å². The molecule has 0 bridgehead atoms. The molecule has 70 valence electrons. The average Bonchev–Trinajstić information content (AvgIpc) is 2.05. The molecule has 0 radical (unpaired) electrons. The minimum atomic E-state index is 1.02. The van der Waals surface area contributed by atoms with Crippen molar-refractivity contribution >= 4 is 0 Å². The first-order valence-electron chi connectivity index (χ1n) is 4.60. The van der Waals surface area contributed by atoms with Gasteiger partial charge in [-0.15, -0.1) is 0 Å². The predicted molar refractivity (Wildman–Crippen MR) is 59.4 cm³/mol. The zero-order chi connectivity index (χ0) is 9.98. The molecule has 0 aliphatic carbocycles. The van der Waals surface area contributed by atoms with E-state index in [1.54, 1.807) is 0 Å². The van der Waals surface area contributed by atoms with Crippen molar-refractivity contribution in [3.8, 4) is 0 Å². The molecule has 0 saturated carbocycles. The minimum absolute atomic E-state index is 1.02. The fraction of sp³-hybridized carbons (Fsp3) is 0.500. The molecule has 0 fully saturated rings. The average molecular weight is 166 g/mol. The van der Waals surface area contributed by atoms with Crippen LogP contribution in [0.3, 0.4) is 0 Å². The molecule has 0 atom stereocenters. The molecule has 0 aliphatic rings. The van der Waals surface area contributed by atoms with E-state index in [0.29, 0.717) is 0 Å². The highest BCUT2D eigenvalue weighted by atomic mass is 13.9. The highest BCUT2D eigenvalue weighted by molar-refractivity contribution is 5.25. The van der Waals surface area contributed by atoms with Gasteiger partial charge in [0, 0.05) is 0 Å². The third-order valence-electron chi connectivity index (χ3n) is 1.21. The van der Waals surface area contributed by atoms with E-state index in [4.69, 9.17) is 0 Å². The molecule has 0 rings (SSSR count). The van der Waals surface area contributed by atoms with Gasteiger partial charge in [0.2, 0.25) is 0 Å². The van der Waals surface area contributed by atoms with Crippen LogP contribution in [0.2, 0.25) is 0 Å². The van der Waals surface area contributed by atoms with E-state index in [9.17, 15) is 0 Å². The van der Waals surface area contributed by atoms with Gasteiger partial charge >= 0.3 is 0 Å². The summed E-state index contributed by atoms with van der Waals surface area (Å²) in [6.45, 7) is 15.8. The van der Waals surface area contributed by atoms with Gasteiger partial charge in [-0.05, 0) is 13.3 Å². The van der Waals surface area contributed by atoms with E-state index < -0.39 is 0 Å². The third-order valence-corrected chi connectivity index (χ3v) is 1.21. The monoisotopic (exact) mass is 166 g/mol. The van der Waals surface area contributed by atoms with E-state index in [-0.39, 0.29) is 0 Å². The van der Waals surface area contributed by atoms with Gasteiger partial charge in [-0.25, -0.2) is 0 Å². The lowest BCUT2D eigenvalue weighted by atomic mass is 10.1. The van der Waals surface area contributed by atoms with Gasteiger partial charge in [-0.1, -0.05) is 63.6 Å². The van der Waals surface area contributed by atoms with E-state index in [1.807, 2.05) is 19.1 Å². The largest absolute Gasteiger partial charge is 0.0988 e. The van der Waals surface area contributed by atoms with Crippen LogP contribution in [0.25, 0.3) is 0 Å². The van der Waals surface area contributed by atoms with E-state index in [2.05, 4.69) is 33.9 Å². The molecular weight excluding hydrogens is 144 g/mol. The van der Waals surface area contributed by atoms with E-state index in [1.165, 1.54) is 12.0 Å². The van der Waals surface area contributed by atoms with Crippen LogP contribution in [-0.2, 0) is 0 Å². The second-order valence-corrected chi connectivity index (χ2v) is 2.81. The molecule has 0 spiro atoms. The Balaban J connectivity index is 0. The number of allylic oxidation sites excluding steroid dienone is 4. The topological polar surface area (TPSA) is 0 Å². The van der Waals surface area contributed by atoms with Crippen LogP contribution in [0, 0.1) is 0 Å². The molecule has 0 amide bonds. The summed E-state index contributed by atoms with van der Waals surface area (Å²) in [5.41, 5.74) is 2.34. The van der Waals surface area contributed by atoms with Gasteiger partial charge in [0.05, 0.1) is 0 Å². The molecule has 0 nitrogen and oxygen atoms in total. The van der Waals surface area contributed by atoms with Gasteiger partial charge in [0.1, 0.15) is 0 Å². The summed E-state index contributed by atoms with van der Waals surface area (Å²) in [6, 6.07) is 0. The molecule has 12 heavy (non-hydrogen) atoms. The molecule has 0 heterocycles. The summed E-state index contributed by atoms with van der Waals surface area (Å²) >= 11 is 0. The maximum Gasteiger partial charge on any atom is -0.0313 e. The Hall–Kier alpha value is -0.780. The lowest BCUT2D eigenvalue weighted by molar-refractivity contribution is 1.09. The van der Waals surface area contributed by atoms with Crippen LogP contribution < -0.4 is 0 Å². The first-order chi connectivity index (χ1) is 5.62. The molecule has 0 aromatic heterocycles. The maximum atomic E-state index is 3.84. The minimum Gasteiger partial charge on any atom is -0.0988 e. The lowest BCUT2D eigenvalue weighted by Crippen LogP contribution is -1.72. The zero-order valence-electron chi connectivity index (χ0n) is 8.98. The fourth-order valence-electron chi connectivity index (χ4n) is 0.483. The van der Waals surface area contributed by atoms with E-state index in [0.717, 1.165) is 12.0 Å². The van der Waals surface area contributed by atoms with Crippen molar-refractivity contribution in [3.63, 3.8) is 0 Å². The van der Waals surface area contributed by atoms with Crippen molar-refractivity contribution in [3.05, 3.63) is 36.5 Å². The quantitative estimate of drug-likeness (QED) is 0.541. The Morgan fingerprint density at radius 1 is 1.25 bits per heavy atom. The molecule has 0 aromatic carbocycles. The molecule has 0 N–H and O–H groups in total. The Bertz CT molecular complexity index is 149. The summed E-state index contributed by atoms with van der Waals surface area (Å²) in [5, 5.41) is 0. The van der Waals surface area contributed by atoms with Crippen LogP contribution in [0.15, 0.2) is 36.5 Å².